The first-order valence-electron chi connectivity index (χ1n) is 7.87. The molecule has 2 heterocycles. The number of aromatic amines is 2. The van der Waals surface area contributed by atoms with Crippen molar-refractivity contribution in [1.29, 1.82) is 0 Å². The van der Waals surface area contributed by atoms with Crippen molar-refractivity contribution >= 4 is 27.0 Å². The number of benzene rings is 1. The van der Waals surface area contributed by atoms with Crippen molar-refractivity contribution in [1.82, 2.24) is 19.2 Å². The third kappa shape index (κ3) is 3.22. The monoisotopic (exact) mass is 366 g/mol. The SMILES string of the molecule is CCC(=O)N1CCN(S(=O)(=O)c2ccc3[nH]c(=O)c(=O)[nH]c3c2)CC1. The highest BCUT2D eigenvalue weighted by Crippen LogP contribution is 2.20. The van der Waals surface area contributed by atoms with Crippen LogP contribution in [0, 0.1) is 0 Å². The van der Waals surface area contributed by atoms with Crippen molar-refractivity contribution in [2.24, 2.45) is 0 Å². The fourth-order valence-corrected chi connectivity index (χ4v) is 4.25. The molecule has 134 valence electrons. The van der Waals surface area contributed by atoms with E-state index in [0.717, 1.165) is 0 Å². The lowest BCUT2D eigenvalue weighted by Gasteiger charge is -2.33. The third-order valence-corrected chi connectivity index (χ3v) is 6.12. The summed E-state index contributed by atoms with van der Waals surface area (Å²) in [6.07, 6.45) is 0.392. The van der Waals surface area contributed by atoms with E-state index in [4.69, 9.17) is 0 Å². The fraction of sp³-hybridized carbons (Fsp3) is 0.400. The molecule has 0 spiro atoms. The van der Waals surface area contributed by atoms with Crippen LogP contribution in [0.2, 0.25) is 0 Å². The van der Waals surface area contributed by atoms with Crippen molar-refractivity contribution in [3.8, 4) is 0 Å². The number of hydrogen-bond acceptors (Lipinski definition) is 5. The minimum absolute atomic E-state index is 0.00397. The number of H-pyrrole nitrogens is 2. The molecular weight excluding hydrogens is 348 g/mol. The summed E-state index contributed by atoms with van der Waals surface area (Å²) in [5.41, 5.74) is -1.04. The molecule has 10 heteroatoms. The Hall–Kier alpha value is -2.46. The Kier molecular flexibility index (Phi) is 4.48. The van der Waals surface area contributed by atoms with Crippen LogP contribution in [0.1, 0.15) is 13.3 Å². The number of nitrogens with zero attached hydrogens (tertiary/aromatic N) is 2. The Morgan fingerprint density at radius 1 is 1.04 bits per heavy atom. The van der Waals surface area contributed by atoms with Gasteiger partial charge in [0.2, 0.25) is 15.9 Å². The van der Waals surface area contributed by atoms with Gasteiger partial charge in [0.25, 0.3) is 0 Å². The molecule has 1 saturated heterocycles. The third-order valence-electron chi connectivity index (χ3n) is 4.23. The van der Waals surface area contributed by atoms with Gasteiger partial charge in [-0.25, -0.2) is 8.42 Å². The zero-order valence-electron chi connectivity index (χ0n) is 13.6. The molecule has 0 unspecified atom stereocenters. The predicted molar refractivity (Wildman–Crippen MR) is 90.8 cm³/mol. The lowest BCUT2D eigenvalue weighted by molar-refractivity contribution is -0.132. The molecule has 0 bridgehead atoms. The molecule has 1 aliphatic rings. The molecule has 1 fully saturated rings. The number of aromatic nitrogens is 2. The molecule has 0 atom stereocenters. The molecule has 1 amide bonds. The Bertz CT molecular complexity index is 1030. The number of hydrogen-bond donors (Lipinski definition) is 2. The maximum atomic E-state index is 12.8. The first-order chi connectivity index (χ1) is 11.8. The second-order valence-electron chi connectivity index (χ2n) is 5.75. The number of nitrogens with one attached hydrogen (secondary N) is 2. The zero-order valence-corrected chi connectivity index (χ0v) is 14.4. The van der Waals surface area contributed by atoms with E-state index in [1.165, 1.54) is 22.5 Å². The average molecular weight is 366 g/mol. The van der Waals surface area contributed by atoms with Gasteiger partial charge in [-0.05, 0) is 18.2 Å². The van der Waals surface area contributed by atoms with Crippen LogP contribution < -0.4 is 11.1 Å². The second-order valence-corrected chi connectivity index (χ2v) is 7.69. The Morgan fingerprint density at radius 2 is 1.64 bits per heavy atom. The molecule has 0 aliphatic carbocycles. The van der Waals surface area contributed by atoms with Gasteiger partial charge in [-0.2, -0.15) is 4.31 Å². The molecule has 0 radical (unpaired) electrons. The maximum absolute atomic E-state index is 12.8. The van der Waals surface area contributed by atoms with Crippen molar-refractivity contribution in [3.05, 3.63) is 38.9 Å². The number of fused-ring (bicyclic) bond motifs is 1. The first-order valence-corrected chi connectivity index (χ1v) is 9.31. The lowest BCUT2D eigenvalue weighted by Crippen LogP contribution is -2.50. The quantitative estimate of drug-likeness (QED) is 0.706. The smallest absolute Gasteiger partial charge is 0.314 e. The highest BCUT2D eigenvalue weighted by Gasteiger charge is 2.29. The first kappa shape index (κ1) is 17.4. The Labute approximate surface area is 143 Å². The standard InChI is InChI=1S/C15H18N4O5S/c1-2-13(20)18-5-7-19(8-6-18)25(23,24)10-3-4-11-12(9-10)17-15(22)14(21)16-11/h3-4,9H,2,5-8H2,1H3,(H,16,21)(H,17,22). The summed E-state index contributed by atoms with van der Waals surface area (Å²) in [5.74, 6) is 0.00397. The van der Waals surface area contributed by atoms with Crippen LogP contribution in [0.5, 0.6) is 0 Å². The number of carbonyl (C=O) groups excluding carboxylic acids is 1. The van der Waals surface area contributed by atoms with Crippen LogP contribution in [-0.2, 0) is 14.8 Å². The van der Waals surface area contributed by atoms with E-state index >= 15 is 0 Å². The van der Waals surface area contributed by atoms with E-state index in [-0.39, 0.29) is 29.4 Å². The Morgan fingerprint density at radius 3 is 2.24 bits per heavy atom. The summed E-state index contributed by atoms with van der Waals surface area (Å²) < 4.78 is 26.9. The van der Waals surface area contributed by atoms with Gasteiger partial charge in [0.05, 0.1) is 15.9 Å². The summed E-state index contributed by atoms with van der Waals surface area (Å²) in [4.78, 5) is 40.9. The summed E-state index contributed by atoms with van der Waals surface area (Å²) in [7, 11) is -3.75. The van der Waals surface area contributed by atoms with Crippen molar-refractivity contribution in [2.75, 3.05) is 26.2 Å². The molecular formula is C15H18N4O5S. The minimum atomic E-state index is -3.75. The van der Waals surface area contributed by atoms with Crippen LogP contribution in [0.15, 0.2) is 32.7 Å². The van der Waals surface area contributed by atoms with Gasteiger partial charge in [0, 0.05) is 32.6 Å². The second kappa shape index (κ2) is 6.45. The number of amides is 1. The van der Waals surface area contributed by atoms with E-state index < -0.39 is 21.1 Å². The maximum Gasteiger partial charge on any atom is 0.314 e. The normalized spacial score (nSPS) is 16.3. The number of sulfonamides is 1. The highest BCUT2D eigenvalue weighted by atomic mass is 32.2. The van der Waals surface area contributed by atoms with E-state index in [1.54, 1.807) is 11.8 Å². The van der Waals surface area contributed by atoms with Gasteiger partial charge < -0.3 is 14.9 Å². The van der Waals surface area contributed by atoms with E-state index in [0.29, 0.717) is 25.0 Å². The zero-order chi connectivity index (χ0) is 18.2. The van der Waals surface area contributed by atoms with E-state index in [9.17, 15) is 22.8 Å². The van der Waals surface area contributed by atoms with Gasteiger partial charge in [-0.15, -0.1) is 0 Å². The summed E-state index contributed by atoms with van der Waals surface area (Å²) >= 11 is 0. The molecule has 9 nitrogen and oxygen atoms in total. The molecule has 1 aliphatic heterocycles. The van der Waals surface area contributed by atoms with Gasteiger partial charge >= 0.3 is 11.1 Å². The molecule has 25 heavy (non-hydrogen) atoms. The summed E-state index contributed by atoms with van der Waals surface area (Å²) in [6.45, 7) is 2.90. The number of piperazine rings is 1. The van der Waals surface area contributed by atoms with Gasteiger partial charge in [-0.1, -0.05) is 6.92 Å². The van der Waals surface area contributed by atoms with E-state index in [1.807, 2.05) is 0 Å². The number of carbonyl (C=O) groups is 1. The minimum Gasteiger partial charge on any atom is -0.340 e. The molecule has 2 N–H and O–H groups in total. The highest BCUT2D eigenvalue weighted by molar-refractivity contribution is 7.89. The number of rotatable bonds is 3. The molecule has 2 aromatic rings. The van der Waals surface area contributed by atoms with Crippen LogP contribution in [-0.4, -0.2) is 59.7 Å². The summed E-state index contributed by atoms with van der Waals surface area (Å²) in [5, 5.41) is 0. The fourth-order valence-electron chi connectivity index (χ4n) is 2.80. The van der Waals surface area contributed by atoms with Crippen LogP contribution >= 0.6 is 0 Å². The largest absolute Gasteiger partial charge is 0.340 e. The van der Waals surface area contributed by atoms with Crippen molar-refractivity contribution < 1.29 is 13.2 Å². The summed E-state index contributed by atoms with van der Waals surface area (Å²) in [6, 6.07) is 4.15. The van der Waals surface area contributed by atoms with Gasteiger partial charge in [-0.3, -0.25) is 14.4 Å². The van der Waals surface area contributed by atoms with Gasteiger partial charge in [0.15, 0.2) is 0 Å². The molecule has 0 saturated carbocycles. The molecule has 1 aromatic carbocycles. The Balaban J connectivity index is 1.89. The van der Waals surface area contributed by atoms with Crippen molar-refractivity contribution in [3.63, 3.8) is 0 Å². The lowest BCUT2D eigenvalue weighted by atomic mass is 10.3. The molecule has 3 rings (SSSR count). The van der Waals surface area contributed by atoms with Gasteiger partial charge in [0.1, 0.15) is 0 Å². The predicted octanol–water partition coefficient (Wildman–Crippen LogP) is -0.541. The van der Waals surface area contributed by atoms with Crippen LogP contribution in [0.4, 0.5) is 0 Å². The van der Waals surface area contributed by atoms with E-state index in [2.05, 4.69) is 9.97 Å². The topological polar surface area (TPSA) is 123 Å². The average Bonchev–Trinajstić information content (AvgIpc) is 2.61. The van der Waals surface area contributed by atoms with Crippen molar-refractivity contribution in [2.45, 2.75) is 18.2 Å². The van der Waals surface area contributed by atoms with Crippen LogP contribution in [0.3, 0.4) is 0 Å². The van der Waals surface area contributed by atoms with Crippen LogP contribution in [0.25, 0.3) is 11.0 Å². The molecule has 1 aromatic heterocycles.